The summed E-state index contributed by atoms with van der Waals surface area (Å²) in [6.07, 6.45) is 1.61. The van der Waals surface area contributed by atoms with Crippen LogP contribution in [0.25, 0.3) is 0 Å². The molecule has 21 heavy (non-hydrogen) atoms. The van der Waals surface area contributed by atoms with Gasteiger partial charge in [-0.1, -0.05) is 38.1 Å². The Balaban J connectivity index is 2.42. The average Bonchev–Trinajstić information content (AvgIpc) is 2.47. The minimum absolute atomic E-state index is 0.224. The van der Waals surface area contributed by atoms with E-state index < -0.39 is 0 Å². The third-order valence-electron chi connectivity index (χ3n) is 3.52. The Morgan fingerprint density at radius 3 is 2.29 bits per heavy atom. The molecule has 0 saturated carbocycles. The summed E-state index contributed by atoms with van der Waals surface area (Å²) < 4.78 is 3.43. The molecule has 5 heteroatoms. The molecule has 0 radical (unpaired) electrons. The van der Waals surface area contributed by atoms with Crippen molar-refractivity contribution in [1.29, 1.82) is 0 Å². The summed E-state index contributed by atoms with van der Waals surface area (Å²) in [4.78, 5) is 24.5. The predicted molar refractivity (Wildman–Crippen MR) is 93.0 cm³/mol. The maximum Gasteiger partial charge on any atom is 0.331 e. The third-order valence-corrected chi connectivity index (χ3v) is 4.26. The summed E-state index contributed by atoms with van der Waals surface area (Å²) in [6.45, 7) is 7.04. The van der Waals surface area contributed by atoms with Gasteiger partial charge in [0, 0.05) is 12.7 Å². The summed E-state index contributed by atoms with van der Waals surface area (Å²) in [6, 6.07) is 8.07. The van der Waals surface area contributed by atoms with Gasteiger partial charge >= 0.3 is 5.69 Å². The molecule has 112 valence electrons. The van der Waals surface area contributed by atoms with Gasteiger partial charge in [0.2, 0.25) is 0 Å². The molecule has 0 unspecified atom stereocenters. The van der Waals surface area contributed by atoms with Crippen LogP contribution in [0.2, 0.25) is 0 Å². The van der Waals surface area contributed by atoms with Gasteiger partial charge in [0.1, 0.15) is 0 Å². The Morgan fingerprint density at radius 1 is 1.14 bits per heavy atom. The first kappa shape index (κ1) is 16.0. The van der Waals surface area contributed by atoms with Gasteiger partial charge in [0.05, 0.1) is 10.1 Å². The predicted octanol–water partition coefficient (Wildman–Crippen LogP) is 2.81. The summed E-state index contributed by atoms with van der Waals surface area (Å²) in [5, 5.41) is 0. The van der Waals surface area contributed by atoms with Crippen molar-refractivity contribution in [2.24, 2.45) is 0 Å². The zero-order chi connectivity index (χ0) is 15.6. The van der Waals surface area contributed by atoms with Crippen LogP contribution in [0.3, 0.4) is 0 Å². The van der Waals surface area contributed by atoms with Gasteiger partial charge < -0.3 is 0 Å². The van der Waals surface area contributed by atoms with Crippen LogP contribution < -0.4 is 11.2 Å². The lowest BCUT2D eigenvalue weighted by Gasteiger charge is -2.11. The molecule has 0 aliphatic rings. The van der Waals surface area contributed by atoms with E-state index in [9.17, 15) is 9.59 Å². The van der Waals surface area contributed by atoms with Crippen molar-refractivity contribution in [2.45, 2.75) is 39.8 Å². The van der Waals surface area contributed by atoms with Gasteiger partial charge in [0.15, 0.2) is 0 Å². The number of aryl methyl sites for hydroxylation is 1. The lowest BCUT2D eigenvalue weighted by molar-refractivity contribution is 0.595. The summed E-state index contributed by atoms with van der Waals surface area (Å²) in [7, 11) is 0. The number of aromatic nitrogens is 2. The lowest BCUT2D eigenvalue weighted by Crippen LogP contribution is -2.40. The number of halogens is 1. The Labute approximate surface area is 137 Å². The summed E-state index contributed by atoms with van der Waals surface area (Å²) >= 11 is 1.98. The van der Waals surface area contributed by atoms with Gasteiger partial charge in [-0.15, -0.1) is 0 Å². The molecule has 0 bridgehead atoms. The molecule has 1 aromatic heterocycles. The molecular formula is C16H19IN2O2. The molecule has 2 aromatic rings. The van der Waals surface area contributed by atoms with Gasteiger partial charge in [-0.25, -0.2) is 4.79 Å². The first-order chi connectivity index (χ1) is 9.93. The van der Waals surface area contributed by atoms with Crippen LogP contribution in [0.4, 0.5) is 0 Å². The molecule has 0 amide bonds. The van der Waals surface area contributed by atoms with E-state index in [2.05, 4.69) is 26.0 Å². The highest BCUT2D eigenvalue weighted by Crippen LogP contribution is 2.14. The zero-order valence-electron chi connectivity index (χ0n) is 12.5. The zero-order valence-corrected chi connectivity index (χ0v) is 14.6. The molecule has 1 aromatic carbocycles. The molecule has 0 atom stereocenters. The van der Waals surface area contributed by atoms with Gasteiger partial charge in [-0.2, -0.15) is 0 Å². The van der Waals surface area contributed by atoms with Gasteiger partial charge in [-0.05, 0) is 46.6 Å². The standard InChI is InChI=1S/C16H19IN2O2/c1-4-18-10-14(17)15(20)19(16(18)21)9-12-5-7-13(8-6-12)11(2)3/h5-8,10-11H,4,9H2,1-3H3. The van der Waals surface area contributed by atoms with Crippen LogP contribution in [0.15, 0.2) is 40.1 Å². The Hall–Kier alpha value is -1.37. The van der Waals surface area contributed by atoms with Crippen molar-refractivity contribution in [3.05, 3.63) is 66.0 Å². The molecule has 0 saturated heterocycles. The van der Waals surface area contributed by atoms with Crippen molar-refractivity contribution in [3.8, 4) is 0 Å². The quantitative estimate of drug-likeness (QED) is 0.744. The van der Waals surface area contributed by atoms with Crippen LogP contribution in [0.5, 0.6) is 0 Å². The number of hydrogen-bond donors (Lipinski definition) is 0. The van der Waals surface area contributed by atoms with Crippen molar-refractivity contribution in [3.63, 3.8) is 0 Å². The fraction of sp³-hybridized carbons (Fsp3) is 0.375. The fourth-order valence-corrected chi connectivity index (χ4v) is 2.80. The van der Waals surface area contributed by atoms with E-state index in [0.29, 0.717) is 22.6 Å². The maximum atomic E-state index is 12.3. The highest BCUT2D eigenvalue weighted by atomic mass is 127. The van der Waals surface area contributed by atoms with E-state index in [-0.39, 0.29) is 11.2 Å². The second-order valence-corrected chi connectivity index (χ2v) is 6.50. The van der Waals surface area contributed by atoms with Crippen molar-refractivity contribution in [2.75, 3.05) is 0 Å². The molecule has 2 rings (SSSR count). The molecule has 0 fully saturated rings. The van der Waals surface area contributed by atoms with E-state index in [1.54, 1.807) is 10.8 Å². The minimum Gasteiger partial charge on any atom is -0.300 e. The number of hydrogen-bond acceptors (Lipinski definition) is 2. The average molecular weight is 398 g/mol. The first-order valence-electron chi connectivity index (χ1n) is 7.02. The maximum absolute atomic E-state index is 12.3. The van der Waals surface area contributed by atoms with E-state index in [1.165, 1.54) is 10.1 Å². The summed E-state index contributed by atoms with van der Waals surface area (Å²) in [5.41, 5.74) is 1.73. The van der Waals surface area contributed by atoms with E-state index in [1.807, 2.05) is 41.6 Å². The molecule has 0 spiro atoms. The normalized spacial score (nSPS) is 11.1. The Morgan fingerprint density at radius 2 is 1.76 bits per heavy atom. The topological polar surface area (TPSA) is 44.0 Å². The van der Waals surface area contributed by atoms with Crippen LogP contribution in [0, 0.1) is 3.57 Å². The molecule has 4 nitrogen and oxygen atoms in total. The largest absolute Gasteiger partial charge is 0.331 e. The minimum atomic E-state index is -0.254. The smallest absolute Gasteiger partial charge is 0.300 e. The first-order valence-corrected chi connectivity index (χ1v) is 8.10. The van der Waals surface area contributed by atoms with Gasteiger partial charge in [0.25, 0.3) is 5.56 Å². The highest BCUT2D eigenvalue weighted by molar-refractivity contribution is 14.1. The third kappa shape index (κ3) is 3.45. The van der Waals surface area contributed by atoms with E-state index in [0.717, 1.165) is 5.56 Å². The highest BCUT2D eigenvalue weighted by Gasteiger charge is 2.09. The van der Waals surface area contributed by atoms with Crippen LogP contribution >= 0.6 is 22.6 Å². The van der Waals surface area contributed by atoms with Crippen molar-refractivity contribution < 1.29 is 0 Å². The Bertz CT molecular complexity index is 742. The monoisotopic (exact) mass is 398 g/mol. The molecule has 0 N–H and O–H groups in total. The summed E-state index contributed by atoms with van der Waals surface area (Å²) in [5.74, 6) is 0.469. The van der Waals surface area contributed by atoms with Crippen LogP contribution in [0.1, 0.15) is 37.8 Å². The number of nitrogens with zero attached hydrogens (tertiary/aromatic N) is 2. The molecule has 0 aliphatic heterocycles. The van der Waals surface area contributed by atoms with Crippen molar-refractivity contribution in [1.82, 2.24) is 9.13 Å². The number of rotatable bonds is 4. The second-order valence-electron chi connectivity index (χ2n) is 5.33. The van der Waals surface area contributed by atoms with Crippen LogP contribution in [-0.4, -0.2) is 9.13 Å². The SMILES string of the molecule is CCn1cc(I)c(=O)n(Cc2ccc(C(C)C)cc2)c1=O. The molecule has 0 aliphatic carbocycles. The van der Waals surface area contributed by atoms with Crippen LogP contribution in [-0.2, 0) is 13.1 Å². The lowest BCUT2D eigenvalue weighted by atomic mass is 10.0. The fourth-order valence-electron chi connectivity index (χ4n) is 2.17. The molecular weight excluding hydrogens is 379 g/mol. The van der Waals surface area contributed by atoms with E-state index in [4.69, 9.17) is 0 Å². The second kappa shape index (κ2) is 6.60. The van der Waals surface area contributed by atoms with Crippen molar-refractivity contribution >= 4 is 22.6 Å². The van der Waals surface area contributed by atoms with Gasteiger partial charge in [-0.3, -0.25) is 13.9 Å². The van der Waals surface area contributed by atoms with E-state index >= 15 is 0 Å². The molecule has 1 heterocycles. The Kier molecular flexibility index (Phi) is 5.03. The number of benzene rings is 1.